The minimum absolute atomic E-state index is 0. The molecule has 3 nitrogen and oxygen atoms in total. The zero-order chi connectivity index (χ0) is 16.1. The fourth-order valence-corrected chi connectivity index (χ4v) is 3.38. The lowest BCUT2D eigenvalue weighted by Gasteiger charge is -2.05. The summed E-state index contributed by atoms with van der Waals surface area (Å²) in [6, 6.07) is 8.33. The molecule has 1 rings (SSSR count). The first-order chi connectivity index (χ1) is 10.7. The average molecular weight is 428 g/mol. The molecule has 0 saturated carbocycles. The van der Waals surface area contributed by atoms with Gasteiger partial charge in [-0.05, 0) is 18.6 Å². The SMILES string of the molecule is CCCCCCCCCCCCOS(=O)(=O)c1ccccc1.P.P.P. The minimum atomic E-state index is -3.57. The molecule has 0 radical (unpaired) electrons. The highest BCUT2D eigenvalue weighted by Crippen LogP contribution is 2.13. The zero-order valence-electron chi connectivity index (χ0n) is 15.9. The molecule has 150 valence electrons. The van der Waals surface area contributed by atoms with Crippen LogP contribution in [0.4, 0.5) is 0 Å². The van der Waals surface area contributed by atoms with Gasteiger partial charge < -0.3 is 0 Å². The third-order valence-electron chi connectivity index (χ3n) is 3.77. The van der Waals surface area contributed by atoms with Gasteiger partial charge in [0.1, 0.15) is 0 Å². The van der Waals surface area contributed by atoms with Crippen LogP contribution in [0.5, 0.6) is 0 Å². The molecular formula is C18H39O3P3S. The molecule has 3 unspecified atom stereocenters. The Kier molecular flexibility index (Phi) is 23.1. The van der Waals surface area contributed by atoms with E-state index in [4.69, 9.17) is 4.18 Å². The standard InChI is InChI=1S/C18H30O3S.3H3P/c1-2-3-4-5-6-7-8-9-10-14-17-21-22(19,20)18-15-12-11-13-16-18;;;/h11-13,15-16H,2-10,14,17H2,1H3;3*1H3. The van der Waals surface area contributed by atoms with Gasteiger partial charge in [0.05, 0.1) is 11.5 Å². The highest BCUT2D eigenvalue weighted by molar-refractivity contribution is 7.86. The van der Waals surface area contributed by atoms with Crippen molar-refractivity contribution in [3.05, 3.63) is 30.3 Å². The number of hydrogen-bond acceptors (Lipinski definition) is 3. The molecule has 0 spiro atoms. The Morgan fingerprint density at radius 3 is 1.64 bits per heavy atom. The summed E-state index contributed by atoms with van der Waals surface area (Å²) in [5, 5.41) is 0. The van der Waals surface area contributed by atoms with Crippen LogP contribution < -0.4 is 0 Å². The first-order valence-electron chi connectivity index (χ1n) is 8.61. The Morgan fingerprint density at radius 2 is 1.16 bits per heavy atom. The van der Waals surface area contributed by atoms with Crippen molar-refractivity contribution in [1.29, 1.82) is 0 Å². The van der Waals surface area contributed by atoms with Crippen LogP contribution >= 0.6 is 29.7 Å². The summed E-state index contributed by atoms with van der Waals surface area (Å²) in [6.07, 6.45) is 12.3. The lowest BCUT2D eigenvalue weighted by atomic mass is 10.1. The van der Waals surface area contributed by atoms with E-state index in [0.29, 0.717) is 0 Å². The molecule has 25 heavy (non-hydrogen) atoms. The van der Waals surface area contributed by atoms with Crippen molar-refractivity contribution in [3.63, 3.8) is 0 Å². The van der Waals surface area contributed by atoms with Crippen LogP contribution in [0.15, 0.2) is 35.2 Å². The van der Waals surface area contributed by atoms with Crippen molar-refractivity contribution in [3.8, 4) is 0 Å². The van der Waals surface area contributed by atoms with Gasteiger partial charge in [0.25, 0.3) is 10.1 Å². The normalized spacial score (nSPS) is 10.3. The highest BCUT2D eigenvalue weighted by Gasteiger charge is 2.13. The first kappa shape index (κ1) is 30.2. The maximum absolute atomic E-state index is 11.9. The fraction of sp³-hybridized carbons (Fsp3) is 0.667. The largest absolute Gasteiger partial charge is 0.296 e. The molecule has 0 bridgehead atoms. The van der Waals surface area contributed by atoms with E-state index in [1.54, 1.807) is 30.3 Å². The van der Waals surface area contributed by atoms with E-state index in [1.807, 2.05) is 0 Å². The number of benzene rings is 1. The lowest BCUT2D eigenvalue weighted by Crippen LogP contribution is -2.07. The van der Waals surface area contributed by atoms with Crippen molar-refractivity contribution < 1.29 is 12.6 Å². The second kappa shape index (κ2) is 19.2. The zero-order valence-corrected chi connectivity index (χ0v) is 21.0. The van der Waals surface area contributed by atoms with Gasteiger partial charge in [-0.15, -0.1) is 0 Å². The van der Waals surface area contributed by atoms with Crippen LogP contribution in [0, 0.1) is 0 Å². The summed E-state index contributed by atoms with van der Waals surface area (Å²) in [6.45, 7) is 2.52. The van der Waals surface area contributed by atoms with Crippen LogP contribution in [-0.4, -0.2) is 15.0 Å². The van der Waals surface area contributed by atoms with E-state index in [2.05, 4.69) is 6.92 Å². The van der Waals surface area contributed by atoms with E-state index in [9.17, 15) is 8.42 Å². The third kappa shape index (κ3) is 15.2. The van der Waals surface area contributed by atoms with Crippen molar-refractivity contribution in [2.45, 2.75) is 76.0 Å². The van der Waals surface area contributed by atoms with E-state index >= 15 is 0 Å². The van der Waals surface area contributed by atoms with Crippen molar-refractivity contribution in [2.75, 3.05) is 6.61 Å². The Labute approximate surface area is 165 Å². The molecule has 0 aliphatic carbocycles. The van der Waals surface area contributed by atoms with Gasteiger partial charge in [-0.3, -0.25) is 4.18 Å². The van der Waals surface area contributed by atoms with Gasteiger partial charge in [-0.25, -0.2) is 0 Å². The van der Waals surface area contributed by atoms with Gasteiger partial charge in [0.2, 0.25) is 0 Å². The number of rotatable bonds is 13. The van der Waals surface area contributed by atoms with Crippen LogP contribution in [0.2, 0.25) is 0 Å². The Morgan fingerprint density at radius 1 is 0.720 bits per heavy atom. The predicted octanol–water partition coefficient (Wildman–Crippen LogP) is 5.49. The molecule has 0 heterocycles. The number of unbranched alkanes of at least 4 members (excludes halogenated alkanes) is 9. The second-order valence-corrected chi connectivity index (χ2v) is 7.39. The third-order valence-corrected chi connectivity index (χ3v) is 5.09. The quantitative estimate of drug-likeness (QED) is 0.237. The Balaban J connectivity index is -0.00000161. The monoisotopic (exact) mass is 428 g/mol. The summed E-state index contributed by atoms with van der Waals surface area (Å²) in [7, 11) is -3.57. The summed E-state index contributed by atoms with van der Waals surface area (Å²) >= 11 is 0. The summed E-state index contributed by atoms with van der Waals surface area (Å²) in [5.41, 5.74) is 0. The van der Waals surface area contributed by atoms with Crippen LogP contribution in [-0.2, 0) is 14.3 Å². The van der Waals surface area contributed by atoms with Crippen LogP contribution in [0.3, 0.4) is 0 Å². The molecule has 7 heteroatoms. The molecule has 0 amide bonds. The van der Waals surface area contributed by atoms with E-state index in [1.165, 1.54) is 51.4 Å². The summed E-state index contributed by atoms with van der Waals surface area (Å²) in [4.78, 5) is 0.238. The van der Waals surface area contributed by atoms with E-state index in [0.717, 1.165) is 12.8 Å². The summed E-state index contributed by atoms with van der Waals surface area (Å²) in [5.74, 6) is 0. The molecular weight excluding hydrogens is 389 g/mol. The van der Waals surface area contributed by atoms with Crippen molar-refractivity contribution >= 4 is 39.8 Å². The van der Waals surface area contributed by atoms with Crippen LogP contribution in [0.25, 0.3) is 0 Å². The molecule has 3 atom stereocenters. The maximum atomic E-state index is 11.9. The van der Waals surface area contributed by atoms with Gasteiger partial charge in [0.15, 0.2) is 0 Å². The van der Waals surface area contributed by atoms with E-state index in [-0.39, 0.29) is 41.2 Å². The van der Waals surface area contributed by atoms with Gasteiger partial charge in [-0.1, -0.05) is 82.9 Å². The Bertz CT molecular complexity index is 482. The molecule has 0 saturated heterocycles. The molecule has 0 aliphatic heterocycles. The molecule has 0 N–H and O–H groups in total. The summed E-state index contributed by atoms with van der Waals surface area (Å²) < 4.78 is 28.8. The smallest absolute Gasteiger partial charge is 0.266 e. The number of hydrogen-bond donors (Lipinski definition) is 0. The molecule has 1 aromatic carbocycles. The second-order valence-electron chi connectivity index (χ2n) is 5.77. The first-order valence-corrected chi connectivity index (χ1v) is 10.0. The van der Waals surface area contributed by atoms with Gasteiger partial charge in [-0.2, -0.15) is 38.1 Å². The average Bonchev–Trinajstić information content (AvgIpc) is 2.53. The topological polar surface area (TPSA) is 43.4 Å². The maximum Gasteiger partial charge on any atom is 0.296 e. The van der Waals surface area contributed by atoms with Crippen molar-refractivity contribution in [2.24, 2.45) is 0 Å². The highest BCUT2D eigenvalue weighted by atomic mass is 32.2. The van der Waals surface area contributed by atoms with Crippen LogP contribution in [0.1, 0.15) is 71.1 Å². The molecule has 0 aliphatic rings. The lowest BCUT2D eigenvalue weighted by molar-refractivity contribution is 0.306. The predicted molar refractivity (Wildman–Crippen MR) is 125 cm³/mol. The fourth-order valence-electron chi connectivity index (χ4n) is 2.41. The van der Waals surface area contributed by atoms with Crippen molar-refractivity contribution in [1.82, 2.24) is 0 Å². The van der Waals surface area contributed by atoms with Gasteiger partial charge >= 0.3 is 0 Å². The Hall–Kier alpha value is 0.420. The molecule has 1 aromatic rings. The molecule has 0 aromatic heterocycles. The molecule has 0 fully saturated rings. The van der Waals surface area contributed by atoms with E-state index < -0.39 is 10.1 Å². The van der Waals surface area contributed by atoms with Gasteiger partial charge in [0, 0.05) is 0 Å². The minimum Gasteiger partial charge on any atom is -0.266 e.